The standard InChI is InChI=1S/C14H22N2/c1-12(13-6-3-2-4-7-13)16-14-8-5-10-15-11-9-14/h2-4,6-7,12,14-16H,5,8-11H2,1H3/t12-,14?/m1/s1. The van der Waals surface area contributed by atoms with Crippen LogP contribution in [0.15, 0.2) is 30.3 Å². The topological polar surface area (TPSA) is 24.1 Å². The molecule has 0 amide bonds. The van der Waals surface area contributed by atoms with Crippen molar-refractivity contribution in [2.45, 2.75) is 38.3 Å². The smallest absolute Gasteiger partial charge is 0.0294 e. The SMILES string of the molecule is C[C@@H](NC1CCCNCC1)c1ccccc1. The lowest BCUT2D eigenvalue weighted by Gasteiger charge is -2.22. The zero-order valence-corrected chi connectivity index (χ0v) is 10.1. The van der Waals surface area contributed by atoms with Gasteiger partial charge in [-0.2, -0.15) is 0 Å². The first-order valence-corrected chi connectivity index (χ1v) is 6.38. The largest absolute Gasteiger partial charge is 0.317 e. The molecule has 1 saturated heterocycles. The van der Waals surface area contributed by atoms with Crippen LogP contribution in [0.25, 0.3) is 0 Å². The van der Waals surface area contributed by atoms with E-state index < -0.39 is 0 Å². The van der Waals surface area contributed by atoms with Gasteiger partial charge in [0.05, 0.1) is 0 Å². The molecule has 0 bridgehead atoms. The van der Waals surface area contributed by atoms with Crippen LogP contribution in [0.3, 0.4) is 0 Å². The predicted molar refractivity (Wildman–Crippen MR) is 68.5 cm³/mol. The third-order valence-electron chi connectivity index (χ3n) is 3.36. The van der Waals surface area contributed by atoms with Crippen molar-refractivity contribution < 1.29 is 0 Å². The highest BCUT2D eigenvalue weighted by molar-refractivity contribution is 5.18. The highest BCUT2D eigenvalue weighted by Gasteiger charge is 2.14. The van der Waals surface area contributed by atoms with Gasteiger partial charge < -0.3 is 10.6 Å². The van der Waals surface area contributed by atoms with Gasteiger partial charge in [0.25, 0.3) is 0 Å². The lowest BCUT2D eigenvalue weighted by Crippen LogP contribution is -2.32. The van der Waals surface area contributed by atoms with Crippen LogP contribution in [-0.2, 0) is 0 Å². The van der Waals surface area contributed by atoms with E-state index >= 15 is 0 Å². The predicted octanol–water partition coefficient (Wildman–Crippen LogP) is 2.48. The molecule has 2 heteroatoms. The second kappa shape index (κ2) is 6.02. The fourth-order valence-corrected chi connectivity index (χ4v) is 2.38. The summed E-state index contributed by atoms with van der Waals surface area (Å²) in [5, 5.41) is 7.19. The fraction of sp³-hybridized carbons (Fsp3) is 0.571. The van der Waals surface area contributed by atoms with Crippen LogP contribution < -0.4 is 10.6 Å². The van der Waals surface area contributed by atoms with E-state index in [2.05, 4.69) is 47.9 Å². The Kier molecular flexibility index (Phi) is 4.37. The summed E-state index contributed by atoms with van der Waals surface area (Å²) in [6.45, 7) is 4.59. The van der Waals surface area contributed by atoms with Gasteiger partial charge in [-0.3, -0.25) is 0 Å². The van der Waals surface area contributed by atoms with Crippen molar-refractivity contribution in [3.05, 3.63) is 35.9 Å². The second-order valence-electron chi connectivity index (χ2n) is 4.68. The Hall–Kier alpha value is -0.860. The van der Waals surface area contributed by atoms with Gasteiger partial charge in [0.2, 0.25) is 0 Å². The van der Waals surface area contributed by atoms with E-state index in [4.69, 9.17) is 0 Å². The summed E-state index contributed by atoms with van der Waals surface area (Å²) in [6.07, 6.45) is 3.83. The number of hydrogen-bond acceptors (Lipinski definition) is 2. The van der Waals surface area contributed by atoms with Gasteiger partial charge in [-0.25, -0.2) is 0 Å². The average molecular weight is 218 g/mol. The molecule has 0 aliphatic carbocycles. The van der Waals surface area contributed by atoms with Crippen molar-refractivity contribution in [2.24, 2.45) is 0 Å². The van der Waals surface area contributed by atoms with E-state index in [1.165, 1.54) is 31.4 Å². The molecule has 1 aliphatic rings. The van der Waals surface area contributed by atoms with Gasteiger partial charge in [-0.15, -0.1) is 0 Å². The first kappa shape index (κ1) is 11.6. The summed E-state index contributed by atoms with van der Waals surface area (Å²) in [5.41, 5.74) is 1.39. The third-order valence-corrected chi connectivity index (χ3v) is 3.36. The number of nitrogens with one attached hydrogen (secondary N) is 2. The zero-order chi connectivity index (χ0) is 11.2. The minimum atomic E-state index is 0.462. The van der Waals surface area contributed by atoms with E-state index in [0.29, 0.717) is 12.1 Å². The summed E-state index contributed by atoms with van der Waals surface area (Å²) in [4.78, 5) is 0. The van der Waals surface area contributed by atoms with E-state index in [0.717, 1.165) is 6.54 Å². The van der Waals surface area contributed by atoms with Gasteiger partial charge in [-0.05, 0) is 44.8 Å². The van der Waals surface area contributed by atoms with Crippen molar-refractivity contribution in [3.63, 3.8) is 0 Å². The van der Waals surface area contributed by atoms with Gasteiger partial charge in [0.15, 0.2) is 0 Å². The molecule has 16 heavy (non-hydrogen) atoms. The van der Waals surface area contributed by atoms with Crippen LogP contribution in [0.5, 0.6) is 0 Å². The minimum absolute atomic E-state index is 0.462. The molecule has 1 unspecified atom stereocenters. The molecular weight excluding hydrogens is 196 g/mol. The summed E-state index contributed by atoms with van der Waals surface area (Å²) >= 11 is 0. The Morgan fingerprint density at radius 1 is 1.19 bits per heavy atom. The Bertz CT molecular complexity index is 289. The maximum Gasteiger partial charge on any atom is 0.0294 e. The molecule has 2 rings (SSSR count). The van der Waals surface area contributed by atoms with Crippen LogP contribution in [-0.4, -0.2) is 19.1 Å². The third kappa shape index (κ3) is 3.32. The highest BCUT2D eigenvalue weighted by Crippen LogP contribution is 2.15. The molecule has 2 atom stereocenters. The summed E-state index contributed by atoms with van der Waals surface area (Å²) < 4.78 is 0. The Morgan fingerprint density at radius 2 is 2.00 bits per heavy atom. The van der Waals surface area contributed by atoms with Crippen LogP contribution in [0.2, 0.25) is 0 Å². The fourth-order valence-electron chi connectivity index (χ4n) is 2.38. The monoisotopic (exact) mass is 218 g/mol. The van der Waals surface area contributed by atoms with Crippen molar-refractivity contribution in [1.29, 1.82) is 0 Å². The Balaban J connectivity index is 1.88. The minimum Gasteiger partial charge on any atom is -0.317 e. The van der Waals surface area contributed by atoms with E-state index in [1.54, 1.807) is 0 Å². The highest BCUT2D eigenvalue weighted by atomic mass is 15.0. The maximum absolute atomic E-state index is 3.74. The van der Waals surface area contributed by atoms with Gasteiger partial charge in [0, 0.05) is 12.1 Å². The summed E-state index contributed by atoms with van der Waals surface area (Å²) in [6, 6.07) is 11.8. The van der Waals surface area contributed by atoms with Crippen molar-refractivity contribution in [2.75, 3.05) is 13.1 Å². The number of rotatable bonds is 3. The Morgan fingerprint density at radius 3 is 2.81 bits per heavy atom. The van der Waals surface area contributed by atoms with Crippen LogP contribution in [0.1, 0.15) is 37.8 Å². The second-order valence-corrected chi connectivity index (χ2v) is 4.68. The molecule has 1 aromatic rings. The van der Waals surface area contributed by atoms with E-state index in [-0.39, 0.29) is 0 Å². The molecule has 0 aromatic heterocycles. The first-order chi connectivity index (χ1) is 7.86. The van der Waals surface area contributed by atoms with Gasteiger partial charge >= 0.3 is 0 Å². The molecule has 2 nitrogen and oxygen atoms in total. The molecule has 0 radical (unpaired) electrons. The first-order valence-electron chi connectivity index (χ1n) is 6.38. The lowest BCUT2D eigenvalue weighted by atomic mass is 10.0. The molecular formula is C14H22N2. The molecule has 1 aromatic carbocycles. The van der Waals surface area contributed by atoms with E-state index in [1.807, 2.05) is 0 Å². The van der Waals surface area contributed by atoms with E-state index in [9.17, 15) is 0 Å². The lowest BCUT2D eigenvalue weighted by molar-refractivity contribution is 0.421. The van der Waals surface area contributed by atoms with Gasteiger partial charge in [-0.1, -0.05) is 30.3 Å². The molecule has 2 N–H and O–H groups in total. The molecule has 1 heterocycles. The zero-order valence-electron chi connectivity index (χ0n) is 10.1. The Labute approximate surface area is 98.4 Å². The molecule has 1 fully saturated rings. The van der Waals surface area contributed by atoms with Crippen molar-refractivity contribution >= 4 is 0 Å². The molecule has 0 spiro atoms. The van der Waals surface area contributed by atoms with Crippen molar-refractivity contribution in [3.8, 4) is 0 Å². The summed E-state index contributed by atoms with van der Waals surface area (Å²) in [7, 11) is 0. The number of benzene rings is 1. The summed E-state index contributed by atoms with van der Waals surface area (Å²) in [5.74, 6) is 0. The van der Waals surface area contributed by atoms with Crippen LogP contribution in [0, 0.1) is 0 Å². The normalized spacial score (nSPS) is 23.7. The molecule has 88 valence electrons. The maximum atomic E-state index is 3.74. The average Bonchev–Trinajstić information content (AvgIpc) is 2.59. The molecule has 1 aliphatic heterocycles. The number of hydrogen-bond donors (Lipinski definition) is 2. The quantitative estimate of drug-likeness (QED) is 0.814. The van der Waals surface area contributed by atoms with Crippen molar-refractivity contribution in [1.82, 2.24) is 10.6 Å². The van der Waals surface area contributed by atoms with Gasteiger partial charge in [0.1, 0.15) is 0 Å². The molecule has 0 saturated carbocycles. The van der Waals surface area contributed by atoms with Crippen LogP contribution in [0.4, 0.5) is 0 Å². The van der Waals surface area contributed by atoms with Crippen LogP contribution >= 0.6 is 0 Å².